The van der Waals surface area contributed by atoms with Crippen LogP contribution in [0.1, 0.15) is 27.9 Å². The van der Waals surface area contributed by atoms with Crippen LogP contribution in [0.25, 0.3) is 6.08 Å². The number of carbonyl (C=O) groups is 1. The molecule has 0 aliphatic heterocycles. The largest absolute Gasteiger partial charge is 0.492 e. The van der Waals surface area contributed by atoms with E-state index in [0.29, 0.717) is 23.1 Å². The van der Waals surface area contributed by atoms with Crippen molar-refractivity contribution in [1.29, 1.82) is 0 Å². The van der Waals surface area contributed by atoms with Gasteiger partial charge in [-0.05, 0) is 54.3 Å². The van der Waals surface area contributed by atoms with E-state index in [1.807, 2.05) is 47.2 Å². The van der Waals surface area contributed by atoms with E-state index in [0.717, 1.165) is 41.0 Å². The molecule has 142 valence electrons. The van der Waals surface area contributed by atoms with Crippen LogP contribution in [0.5, 0.6) is 5.75 Å². The molecule has 0 saturated heterocycles. The molecule has 2 aromatic carbocycles. The molecule has 0 N–H and O–H groups in total. The van der Waals surface area contributed by atoms with Crippen molar-refractivity contribution in [3.8, 4) is 5.75 Å². The minimum atomic E-state index is 0.0299. The average Bonchev–Trinajstić information content (AvgIpc) is 3.21. The molecule has 1 aromatic heterocycles. The lowest BCUT2D eigenvalue weighted by atomic mass is 9.86. The Morgan fingerprint density at radius 2 is 2.07 bits per heavy atom. The summed E-state index contributed by atoms with van der Waals surface area (Å²) in [4.78, 5) is 16.9. The van der Waals surface area contributed by atoms with Gasteiger partial charge in [0.1, 0.15) is 12.4 Å². The first kappa shape index (κ1) is 18.8. The van der Waals surface area contributed by atoms with E-state index in [9.17, 15) is 4.79 Å². The Morgan fingerprint density at radius 3 is 2.89 bits per heavy atom. The standard InChI is InChI=1S/C22H18Cl2N2O2/c23-20-3-1-2-16(21(20)24)12-17-5-4-15-13-18(6-7-19(15)22(17)27)28-11-10-26-9-8-25-14-26/h1-3,6-9,12-14H,4-5,10-11H2. The molecule has 1 heterocycles. The van der Waals surface area contributed by atoms with Gasteiger partial charge in [0, 0.05) is 23.5 Å². The molecule has 0 bridgehead atoms. The fourth-order valence-electron chi connectivity index (χ4n) is 3.29. The maximum Gasteiger partial charge on any atom is 0.189 e. The Kier molecular flexibility index (Phi) is 5.51. The summed E-state index contributed by atoms with van der Waals surface area (Å²) < 4.78 is 7.78. The van der Waals surface area contributed by atoms with Gasteiger partial charge >= 0.3 is 0 Å². The summed E-state index contributed by atoms with van der Waals surface area (Å²) in [6.45, 7) is 1.27. The molecule has 0 unspecified atom stereocenters. The Balaban J connectivity index is 1.49. The van der Waals surface area contributed by atoms with Crippen molar-refractivity contribution >= 4 is 35.1 Å². The maximum atomic E-state index is 12.9. The lowest BCUT2D eigenvalue weighted by molar-refractivity contribution is 0.102. The second kappa shape index (κ2) is 8.21. The molecule has 3 aromatic rings. The van der Waals surface area contributed by atoms with E-state index in [4.69, 9.17) is 27.9 Å². The monoisotopic (exact) mass is 412 g/mol. The number of aromatic nitrogens is 2. The summed E-state index contributed by atoms with van der Waals surface area (Å²) >= 11 is 12.3. The lowest BCUT2D eigenvalue weighted by Crippen LogP contribution is -2.14. The van der Waals surface area contributed by atoms with Crippen molar-refractivity contribution in [3.63, 3.8) is 0 Å². The van der Waals surface area contributed by atoms with Gasteiger partial charge < -0.3 is 9.30 Å². The average molecular weight is 413 g/mol. The summed E-state index contributed by atoms with van der Waals surface area (Å²) in [6, 6.07) is 11.1. The third-order valence-corrected chi connectivity index (χ3v) is 5.60. The zero-order chi connectivity index (χ0) is 19.5. The number of benzene rings is 2. The number of aryl methyl sites for hydroxylation is 1. The molecule has 0 amide bonds. The number of imidazole rings is 1. The summed E-state index contributed by atoms with van der Waals surface area (Å²) in [5.41, 5.74) is 3.24. The summed E-state index contributed by atoms with van der Waals surface area (Å²) in [7, 11) is 0. The first-order valence-electron chi connectivity index (χ1n) is 9.02. The van der Waals surface area contributed by atoms with Crippen molar-refractivity contribution in [1.82, 2.24) is 9.55 Å². The molecule has 4 rings (SSSR count). The van der Waals surface area contributed by atoms with Crippen LogP contribution >= 0.6 is 23.2 Å². The smallest absolute Gasteiger partial charge is 0.189 e. The second-order valence-electron chi connectivity index (χ2n) is 6.61. The fourth-order valence-corrected chi connectivity index (χ4v) is 3.65. The quantitative estimate of drug-likeness (QED) is 0.520. The molecule has 0 fully saturated rings. The number of Topliss-reactive ketones (excluding diaryl/α,β-unsaturated/α-hetero) is 1. The predicted molar refractivity (Wildman–Crippen MR) is 111 cm³/mol. The number of carbonyl (C=O) groups excluding carboxylic acids is 1. The van der Waals surface area contributed by atoms with Gasteiger partial charge in [-0.2, -0.15) is 0 Å². The zero-order valence-corrected chi connectivity index (χ0v) is 16.6. The van der Waals surface area contributed by atoms with Crippen LogP contribution in [0.2, 0.25) is 10.0 Å². The number of allylic oxidation sites excluding steroid dienone is 1. The highest BCUT2D eigenvalue weighted by atomic mass is 35.5. The van der Waals surface area contributed by atoms with Gasteiger partial charge in [0.15, 0.2) is 5.78 Å². The van der Waals surface area contributed by atoms with Crippen molar-refractivity contribution in [3.05, 3.63) is 87.4 Å². The first-order valence-corrected chi connectivity index (χ1v) is 9.78. The Labute approximate surface area is 173 Å². The summed E-state index contributed by atoms with van der Waals surface area (Å²) in [6.07, 6.45) is 8.68. The number of hydrogen-bond acceptors (Lipinski definition) is 3. The fraction of sp³-hybridized carbons (Fsp3) is 0.182. The molecule has 1 aliphatic rings. The van der Waals surface area contributed by atoms with Crippen molar-refractivity contribution < 1.29 is 9.53 Å². The number of fused-ring (bicyclic) bond motifs is 1. The van der Waals surface area contributed by atoms with Crippen LogP contribution in [0.3, 0.4) is 0 Å². The number of halogens is 2. The van der Waals surface area contributed by atoms with E-state index in [-0.39, 0.29) is 5.78 Å². The van der Waals surface area contributed by atoms with Crippen LogP contribution in [0.4, 0.5) is 0 Å². The third-order valence-electron chi connectivity index (χ3n) is 4.77. The SMILES string of the molecule is O=C1C(=Cc2cccc(Cl)c2Cl)CCc2cc(OCCn3ccnc3)ccc21. The number of ether oxygens (including phenoxy) is 1. The summed E-state index contributed by atoms with van der Waals surface area (Å²) in [5.74, 6) is 0.805. The van der Waals surface area contributed by atoms with Gasteiger partial charge in [0.25, 0.3) is 0 Å². The lowest BCUT2D eigenvalue weighted by Gasteiger charge is -2.19. The molecule has 6 heteroatoms. The summed E-state index contributed by atoms with van der Waals surface area (Å²) in [5, 5.41) is 0.953. The Bertz CT molecular complexity index is 1040. The minimum Gasteiger partial charge on any atom is -0.492 e. The first-order chi connectivity index (χ1) is 13.6. The molecule has 0 atom stereocenters. The van der Waals surface area contributed by atoms with Crippen LogP contribution < -0.4 is 4.74 Å². The van der Waals surface area contributed by atoms with Gasteiger partial charge in [-0.3, -0.25) is 4.79 Å². The van der Waals surface area contributed by atoms with Gasteiger partial charge in [-0.15, -0.1) is 0 Å². The highest BCUT2D eigenvalue weighted by Gasteiger charge is 2.22. The molecule has 1 aliphatic carbocycles. The molecule has 0 spiro atoms. The van der Waals surface area contributed by atoms with E-state index < -0.39 is 0 Å². The molecule has 28 heavy (non-hydrogen) atoms. The normalized spacial score (nSPS) is 14.9. The van der Waals surface area contributed by atoms with Crippen LogP contribution in [0, 0.1) is 0 Å². The Morgan fingerprint density at radius 1 is 1.18 bits per heavy atom. The second-order valence-corrected chi connectivity index (χ2v) is 7.39. The molecule has 0 radical (unpaired) electrons. The minimum absolute atomic E-state index is 0.0299. The van der Waals surface area contributed by atoms with E-state index in [1.54, 1.807) is 18.6 Å². The van der Waals surface area contributed by atoms with Gasteiger partial charge in [-0.25, -0.2) is 4.98 Å². The molecule has 0 saturated carbocycles. The third kappa shape index (κ3) is 3.98. The van der Waals surface area contributed by atoms with Gasteiger partial charge in [0.2, 0.25) is 0 Å². The number of rotatable bonds is 5. The van der Waals surface area contributed by atoms with Crippen LogP contribution in [-0.4, -0.2) is 21.9 Å². The number of hydrogen-bond donors (Lipinski definition) is 0. The van der Waals surface area contributed by atoms with E-state index >= 15 is 0 Å². The Hall–Kier alpha value is -2.56. The number of nitrogens with zero attached hydrogens (tertiary/aromatic N) is 2. The zero-order valence-electron chi connectivity index (χ0n) is 15.1. The van der Waals surface area contributed by atoms with Gasteiger partial charge in [-0.1, -0.05) is 35.3 Å². The number of ketones is 1. The van der Waals surface area contributed by atoms with Crippen LogP contribution in [0.15, 0.2) is 60.7 Å². The van der Waals surface area contributed by atoms with Crippen molar-refractivity contribution in [2.75, 3.05) is 6.61 Å². The van der Waals surface area contributed by atoms with Crippen molar-refractivity contribution in [2.24, 2.45) is 0 Å². The topological polar surface area (TPSA) is 44.1 Å². The molecule has 4 nitrogen and oxygen atoms in total. The van der Waals surface area contributed by atoms with Crippen molar-refractivity contribution in [2.45, 2.75) is 19.4 Å². The molecular formula is C22H18Cl2N2O2. The highest BCUT2D eigenvalue weighted by molar-refractivity contribution is 6.43. The predicted octanol–water partition coefficient (Wildman–Crippen LogP) is 5.48. The maximum absolute atomic E-state index is 12.9. The molecular weight excluding hydrogens is 395 g/mol. The van der Waals surface area contributed by atoms with E-state index in [2.05, 4.69) is 4.98 Å². The van der Waals surface area contributed by atoms with Gasteiger partial charge in [0.05, 0.1) is 22.9 Å². The highest BCUT2D eigenvalue weighted by Crippen LogP contribution is 2.32. The van der Waals surface area contributed by atoms with E-state index in [1.165, 1.54) is 0 Å². The van der Waals surface area contributed by atoms with Crippen LogP contribution in [-0.2, 0) is 13.0 Å².